The summed E-state index contributed by atoms with van der Waals surface area (Å²) in [6.07, 6.45) is 5.13. The Morgan fingerprint density at radius 3 is 2.82 bits per heavy atom. The summed E-state index contributed by atoms with van der Waals surface area (Å²) in [6.45, 7) is 2.11. The van der Waals surface area contributed by atoms with Gasteiger partial charge in [-0.2, -0.15) is 11.8 Å². The van der Waals surface area contributed by atoms with E-state index in [4.69, 9.17) is 11.6 Å². The van der Waals surface area contributed by atoms with Gasteiger partial charge in [0, 0.05) is 18.8 Å². The third-order valence-corrected chi connectivity index (χ3v) is 3.66. The number of hydrogen-bond acceptors (Lipinski definition) is 5. The first-order valence-corrected chi connectivity index (χ1v) is 7.10. The second-order valence-corrected chi connectivity index (χ2v) is 4.92. The van der Waals surface area contributed by atoms with Crippen molar-refractivity contribution in [3.63, 3.8) is 0 Å². The van der Waals surface area contributed by atoms with E-state index in [1.165, 1.54) is 6.33 Å². The van der Waals surface area contributed by atoms with Crippen LogP contribution in [0.4, 0.5) is 5.82 Å². The topological polar surface area (TPSA) is 46.1 Å². The number of carbonyl (C=O) groups is 1. The maximum atomic E-state index is 11.0. The molecule has 1 aromatic rings. The number of thioether (sulfide) groups is 1. The third-order valence-electron chi connectivity index (χ3n) is 2.64. The Morgan fingerprint density at radius 2 is 2.29 bits per heavy atom. The molecule has 0 aliphatic rings. The summed E-state index contributed by atoms with van der Waals surface area (Å²) in [5.74, 6) is 1.58. The molecule has 0 bridgehead atoms. The van der Waals surface area contributed by atoms with Gasteiger partial charge < -0.3 is 4.90 Å². The van der Waals surface area contributed by atoms with E-state index in [-0.39, 0.29) is 5.15 Å². The van der Waals surface area contributed by atoms with Crippen molar-refractivity contribution in [1.82, 2.24) is 9.97 Å². The van der Waals surface area contributed by atoms with Gasteiger partial charge in [0.1, 0.15) is 17.3 Å². The largest absolute Gasteiger partial charge is 0.355 e. The van der Waals surface area contributed by atoms with Gasteiger partial charge in [-0.1, -0.05) is 18.5 Å². The third kappa shape index (κ3) is 3.33. The molecule has 4 nitrogen and oxygen atoms in total. The monoisotopic (exact) mass is 273 g/mol. The first-order chi connectivity index (χ1) is 8.15. The molecule has 0 aliphatic heterocycles. The van der Waals surface area contributed by atoms with Crippen molar-refractivity contribution in [1.29, 1.82) is 0 Å². The Hall–Kier alpha value is -0.810. The predicted octanol–water partition coefficient (Wildman–Crippen LogP) is 2.52. The molecule has 1 rings (SSSR count). The minimum Gasteiger partial charge on any atom is -0.355 e. The van der Waals surface area contributed by atoms with Gasteiger partial charge in [0.05, 0.1) is 5.56 Å². The molecular weight excluding hydrogens is 258 g/mol. The summed E-state index contributed by atoms with van der Waals surface area (Å²) in [5.41, 5.74) is 0.358. The zero-order chi connectivity index (χ0) is 12.8. The lowest BCUT2D eigenvalue weighted by molar-refractivity contribution is 0.112. The van der Waals surface area contributed by atoms with Gasteiger partial charge in [0.25, 0.3) is 0 Å². The molecule has 0 fully saturated rings. The fourth-order valence-electron chi connectivity index (χ4n) is 1.62. The zero-order valence-electron chi connectivity index (χ0n) is 10.2. The standard InChI is InChI=1S/C11H16ClN3OS/c1-4-8(6-17-3)15(2)11-9(5-16)10(12)13-7-14-11/h5,7-8H,4,6H2,1-3H3. The molecule has 0 saturated carbocycles. The van der Waals surface area contributed by atoms with Crippen molar-refractivity contribution >= 4 is 35.5 Å². The predicted molar refractivity (Wildman–Crippen MR) is 73.3 cm³/mol. The molecule has 0 radical (unpaired) electrons. The van der Waals surface area contributed by atoms with E-state index in [9.17, 15) is 4.79 Å². The Labute approximate surface area is 111 Å². The van der Waals surface area contributed by atoms with E-state index in [1.54, 1.807) is 11.8 Å². The van der Waals surface area contributed by atoms with Gasteiger partial charge in [0.15, 0.2) is 6.29 Å². The van der Waals surface area contributed by atoms with Gasteiger partial charge in [-0.25, -0.2) is 9.97 Å². The van der Waals surface area contributed by atoms with E-state index >= 15 is 0 Å². The Morgan fingerprint density at radius 1 is 1.59 bits per heavy atom. The van der Waals surface area contributed by atoms with Crippen LogP contribution in [-0.2, 0) is 0 Å². The van der Waals surface area contributed by atoms with E-state index in [0.29, 0.717) is 23.7 Å². The minimum absolute atomic E-state index is 0.204. The van der Waals surface area contributed by atoms with Gasteiger partial charge >= 0.3 is 0 Å². The number of aromatic nitrogens is 2. The van der Waals surface area contributed by atoms with Crippen molar-refractivity contribution in [3.05, 3.63) is 17.0 Å². The molecule has 0 aromatic carbocycles. The van der Waals surface area contributed by atoms with Crippen LogP contribution in [0.1, 0.15) is 23.7 Å². The lowest BCUT2D eigenvalue weighted by atomic mass is 10.2. The number of carbonyl (C=O) groups excluding carboxylic acids is 1. The average Bonchev–Trinajstić information content (AvgIpc) is 2.34. The van der Waals surface area contributed by atoms with Gasteiger partial charge in [-0.15, -0.1) is 0 Å². The van der Waals surface area contributed by atoms with Crippen LogP contribution in [0, 0.1) is 0 Å². The summed E-state index contributed by atoms with van der Waals surface area (Å²) in [7, 11) is 1.93. The normalized spacial score (nSPS) is 12.2. The molecule has 1 aromatic heterocycles. The SMILES string of the molecule is CCC(CSC)N(C)c1ncnc(Cl)c1C=O. The Balaban J connectivity index is 3.05. The van der Waals surface area contributed by atoms with Crippen LogP contribution in [0.2, 0.25) is 5.15 Å². The molecule has 94 valence electrons. The van der Waals surface area contributed by atoms with Crippen LogP contribution < -0.4 is 4.90 Å². The lowest BCUT2D eigenvalue weighted by Crippen LogP contribution is -2.34. The fraction of sp³-hybridized carbons (Fsp3) is 0.545. The highest BCUT2D eigenvalue weighted by molar-refractivity contribution is 7.98. The molecular formula is C11H16ClN3OS. The summed E-state index contributed by atoms with van der Waals surface area (Å²) in [5, 5.41) is 0.204. The molecule has 0 amide bonds. The van der Waals surface area contributed by atoms with E-state index in [2.05, 4.69) is 23.1 Å². The summed E-state index contributed by atoms with van der Waals surface area (Å²) < 4.78 is 0. The summed E-state index contributed by atoms with van der Waals surface area (Å²) >= 11 is 7.65. The second kappa shape index (κ2) is 6.81. The van der Waals surface area contributed by atoms with Crippen molar-refractivity contribution in [2.45, 2.75) is 19.4 Å². The summed E-state index contributed by atoms with van der Waals surface area (Å²) in [6, 6.07) is 0.328. The lowest BCUT2D eigenvalue weighted by Gasteiger charge is -2.28. The second-order valence-electron chi connectivity index (χ2n) is 3.65. The van der Waals surface area contributed by atoms with Gasteiger partial charge in [-0.3, -0.25) is 4.79 Å². The maximum Gasteiger partial charge on any atom is 0.156 e. The molecule has 1 atom stereocenters. The van der Waals surface area contributed by atoms with Crippen LogP contribution in [0.5, 0.6) is 0 Å². The van der Waals surface area contributed by atoms with Crippen molar-refractivity contribution in [3.8, 4) is 0 Å². The number of rotatable bonds is 6. The maximum absolute atomic E-state index is 11.0. The van der Waals surface area contributed by atoms with E-state index < -0.39 is 0 Å². The quantitative estimate of drug-likeness (QED) is 0.589. The van der Waals surface area contributed by atoms with Crippen molar-refractivity contribution in [2.24, 2.45) is 0 Å². The molecule has 17 heavy (non-hydrogen) atoms. The molecule has 1 unspecified atom stereocenters. The number of anilines is 1. The number of hydrogen-bond donors (Lipinski definition) is 0. The van der Waals surface area contributed by atoms with Crippen LogP contribution in [-0.4, -0.2) is 41.4 Å². The number of aldehydes is 1. The molecule has 0 saturated heterocycles. The minimum atomic E-state index is 0.204. The van der Waals surface area contributed by atoms with Crippen LogP contribution in [0.15, 0.2) is 6.33 Å². The molecule has 0 N–H and O–H groups in total. The van der Waals surface area contributed by atoms with Crippen LogP contribution in [0.3, 0.4) is 0 Å². The highest BCUT2D eigenvalue weighted by Crippen LogP contribution is 2.23. The number of nitrogens with zero attached hydrogens (tertiary/aromatic N) is 3. The Kier molecular flexibility index (Phi) is 5.71. The fourth-order valence-corrected chi connectivity index (χ4v) is 2.63. The highest BCUT2D eigenvalue weighted by atomic mass is 35.5. The zero-order valence-corrected chi connectivity index (χ0v) is 11.8. The Bertz CT molecular complexity index is 389. The van der Waals surface area contributed by atoms with Crippen LogP contribution >= 0.6 is 23.4 Å². The molecule has 1 heterocycles. The summed E-state index contributed by atoms with van der Waals surface area (Å²) in [4.78, 5) is 21.0. The van der Waals surface area contributed by atoms with Gasteiger partial charge in [0.2, 0.25) is 0 Å². The van der Waals surface area contributed by atoms with Gasteiger partial charge in [-0.05, 0) is 12.7 Å². The first-order valence-electron chi connectivity index (χ1n) is 5.33. The highest BCUT2D eigenvalue weighted by Gasteiger charge is 2.19. The van der Waals surface area contributed by atoms with Crippen molar-refractivity contribution in [2.75, 3.05) is 24.0 Å². The van der Waals surface area contributed by atoms with Crippen LogP contribution in [0.25, 0.3) is 0 Å². The molecule has 0 spiro atoms. The number of halogens is 1. The average molecular weight is 274 g/mol. The molecule has 6 heteroatoms. The molecule has 0 aliphatic carbocycles. The van der Waals surface area contributed by atoms with Crippen molar-refractivity contribution < 1.29 is 4.79 Å². The first kappa shape index (κ1) is 14.3. The van der Waals surface area contributed by atoms with E-state index in [0.717, 1.165) is 12.2 Å². The smallest absolute Gasteiger partial charge is 0.156 e. The van der Waals surface area contributed by atoms with E-state index in [1.807, 2.05) is 11.9 Å².